The highest BCUT2D eigenvalue weighted by atomic mass is 16.3. The van der Waals surface area contributed by atoms with Gasteiger partial charge in [-0.15, -0.1) is 0 Å². The minimum atomic E-state index is 0.109. The fourth-order valence-electron chi connectivity index (χ4n) is 3.06. The molecular formula is C11H19NO2. The van der Waals surface area contributed by atoms with Crippen LogP contribution in [0.3, 0.4) is 0 Å². The zero-order chi connectivity index (χ0) is 10.1. The second kappa shape index (κ2) is 3.89. The van der Waals surface area contributed by atoms with Crippen molar-refractivity contribution in [1.29, 1.82) is 0 Å². The molecule has 14 heavy (non-hydrogen) atoms. The Bertz CT molecular complexity index is 229. The molecule has 0 aromatic heterocycles. The van der Waals surface area contributed by atoms with Gasteiger partial charge in [0.2, 0.25) is 5.91 Å². The maximum atomic E-state index is 11.7. The first kappa shape index (κ1) is 9.97. The first-order valence-corrected chi connectivity index (χ1v) is 5.70. The van der Waals surface area contributed by atoms with Gasteiger partial charge in [0.05, 0.1) is 12.6 Å². The molecule has 3 nitrogen and oxygen atoms in total. The van der Waals surface area contributed by atoms with Crippen LogP contribution in [0.4, 0.5) is 0 Å². The largest absolute Gasteiger partial charge is 0.394 e. The minimum absolute atomic E-state index is 0.109. The SMILES string of the molecule is CC[C@@H]1CC[C@@H](CO)N2C(=O)CC[C@@H]12. The predicted molar refractivity (Wildman–Crippen MR) is 53.8 cm³/mol. The van der Waals surface area contributed by atoms with E-state index in [1.165, 1.54) is 6.42 Å². The Morgan fingerprint density at radius 2 is 2.21 bits per heavy atom. The van der Waals surface area contributed by atoms with Crippen LogP contribution in [0.2, 0.25) is 0 Å². The Balaban J connectivity index is 2.15. The van der Waals surface area contributed by atoms with E-state index in [-0.39, 0.29) is 18.6 Å². The van der Waals surface area contributed by atoms with E-state index in [0.717, 1.165) is 19.3 Å². The maximum Gasteiger partial charge on any atom is 0.223 e. The summed E-state index contributed by atoms with van der Waals surface area (Å²) in [5.41, 5.74) is 0. The Morgan fingerprint density at radius 1 is 1.43 bits per heavy atom. The van der Waals surface area contributed by atoms with E-state index < -0.39 is 0 Å². The first-order chi connectivity index (χ1) is 6.77. The average molecular weight is 197 g/mol. The van der Waals surface area contributed by atoms with Crippen LogP contribution in [0.15, 0.2) is 0 Å². The molecule has 0 aliphatic carbocycles. The molecule has 2 fully saturated rings. The monoisotopic (exact) mass is 197 g/mol. The maximum absolute atomic E-state index is 11.7. The van der Waals surface area contributed by atoms with Crippen molar-refractivity contribution in [1.82, 2.24) is 4.90 Å². The molecule has 80 valence electrons. The number of amides is 1. The van der Waals surface area contributed by atoms with E-state index in [1.54, 1.807) is 0 Å². The quantitative estimate of drug-likeness (QED) is 0.721. The van der Waals surface area contributed by atoms with E-state index in [2.05, 4.69) is 6.92 Å². The fraction of sp³-hybridized carbons (Fsp3) is 0.909. The summed E-state index contributed by atoms with van der Waals surface area (Å²) >= 11 is 0. The normalized spacial score (nSPS) is 37.4. The van der Waals surface area contributed by atoms with Crippen LogP contribution in [0.1, 0.15) is 39.0 Å². The molecule has 2 aliphatic heterocycles. The van der Waals surface area contributed by atoms with E-state index in [9.17, 15) is 9.90 Å². The number of aliphatic hydroxyl groups excluding tert-OH is 1. The third-order valence-electron chi connectivity index (χ3n) is 3.84. The molecule has 3 heteroatoms. The molecule has 0 unspecified atom stereocenters. The second-order valence-electron chi connectivity index (χ2n) is 4.49. The van der Waals surface area contributed by atoms with E-state index >= 15 is 0 Å². The third kappa shape index (κ3) is 1.44. The molecule has 2 heterocycles. The molecule has 0 aromatic carbocycles. The number of nitrogens with zero attached hydrogens (tertiary/aromatic N) is 1. The lowest BCUT2D eigenvalue weighted by Gasteiger charge is -2.41. The number of hydrogen-bond acceptors (Lipinski definition) is 2. The van der Waals surface area contributed by atoms with E-state index in [0.29, 0.717) is 18.4 Å². The van der Waals surface area contributed by atoms with Gasteiger partial charge < -0.3 is 10.0 Å². The van der Waals surface area contributed by atoms with Gasteiger partial charge >= 0.3 is 0 Å². The zero-order valence-electron chi connectivity index (χ0n) is 8.78. The molecule has 2 saturated heterocycles. The van der Waals surface area contributed by atoms with Gasteiger partial charge in [0.1, 0.15) is 0 Å². The number of hydrogen-bond donors (Lipinski definition) is 1. The number of rotatable bonds is 2. The second-order valence-corrected chi connectivity index (χ2v) is 4.49. The van der Waals surface area contributed by atoms with Crippen molar-refractivity contribution >= 4 is 5.91 Å². The average Bonchev–Trinajstić information content (AvgIpc) is 2.60. The summed E-state index contributed by atoms with van der Waals surface area (Å²) in [5.74, 6) is 0.927. The summed E-state index contributed by atoms with van der Waals surface area (Å²) in [6.07, 6.45) is 5.02. The predicted octanol–water partition coefficient (Wildman–Crippen LogP) is 1.16. The van der Waals surface area contributed by atoms with E-state index in [1.807, 2.05) is 4.90 Å². The molecule has 3 atom stereocenters. The van der Waals surface area contributed by atoms with Gasteiger partial charge in [-0.3, -0.25) is 4.79 Å². The number of carbonyl (C=O) groups excluding carboxylic acids is 1. The summed E-state index contributed by atoms with van der Waals surface area (Å²) < 4.78 is 0. The molecule has 0 spiro atoms. The molecule has 2 aliphatic rings. The van der Waals surface area contributed by atoms with Gasteiger partial charge in [-0.05, 0) is 25.2 Å². The van der Waals surface area contributed by atoms with Gasteiger partial charge in [-0.2, -0.15) is 0 Å². The van der Waals surface area contributed by atoms with Crippen molar-refractivity contribution in [2.45, 2.75) is 51.1 Å². The lowest BCUT2D eigenvalue weighted by Crippen LogP contribution is -2.50. The number of aliphatic hydroxyl groups is 1. The van der Waals surface area contributed by atoms with Gasteiger partial charge in [0.15, 0.2) is 0 Å². The molecular weight excluding hydrogens is 178 g/mol. The van der Waals surface area contributed by atoms with Crippen LogP contribution in [0, 0.1) is 5.92 Å². The molecule has 0 bridgehead atoms. The van der Waals surface area contributed by atoms with Crippen molar-refractivity contribution in [3.8, 4) is 0 Å². The highest BCUT2D eigenvalue weighted by molar-refractivity contribution is 5.79. The Hall–Kier alpha value is -0.570. The smallest absolute Gasteiger partial charge is 0.223 e. The first-order valence-electron chi connectivity index (χ1n) is 5.70. The Labute approximate surface area is 85.1 Å². The van der Waals surface area contributed by atoms with Crippen molar-refractivity contribution in [3.05, 3.63) is 0 Å². The lowest BCUT2D eigenvalue weighted by molar-refractivity contribution is -0.135. The van der Waals surface area contributed by atoms with E-state index in [4.69, 9.17) is 0 Å². The van der Waals surface area contributed by atoms with Gasteiger partial charge in [-0.1, -0.05) is 13.3 Å². The molecule has 1 amide bonds. The minimum Gasteiger partial charge on any atom is -0.394 e. The summed E-state index contributed by atoms with van der Waals surface area (Å²) in [6, 6.07) is 0.538. The number of carbonyl (C=O) groups is 1. The van der Waals surface area contributed by atoms with Crippen molar-refractivity contribution < 1.29 is 9.90 Å². The molecule has 2 rings (SSSR count). The standard InChI is InChI=1S/C11H19NO2/c1-2-8-3-4-9(7-13)12-10(8)5-6-11(12)14/h8-10,13H,2-7H2,1H3/t8-,9+,10+/m1/s1. The number of fused-ring (bicyclic) bond motifs is 1. The summed E-state index contributed by atoms with van der Waals surface area (Å²) in [7, 11) is 0. The lowest BCUT2D eigenvalue weighted by atomic mass is 9.84. The van der Waals surface area contributed by atoms with Gasteiger partial charge in [-0.25, -0.2) is 0 Å². The van der Waals surface area contributed by atoms with Crippen molar-refractivity contribution in [2.75, 3.05) is 6.61 Å². The summed E-state index contributed by atoms with van der Waals surface area (Å²) in [6.45, 7) is 2.34. The van der Waals surface area contributed by atoms with Gasteiger partial charge in [0.25, 0.3) is 0 Å². The summed E-state index contributed by atoms with van der Waals surface area (Å²) in [5, 5.41) is 9.22. The Morgan fingerprint density at radius 3 is 2.86 bits per heavy atom. The fourth-order valence-corrected chi connectivity index (χ4v) is 3.06. The molecule has 0 radical (unpaired) electrons. The summed E-state index contributed by atoms with van der Waals surface area (Å²) in [4.78, 5) is 13.6. The zero-order valence-corrected chi connectivity index (χ0v) is 8.78. The topological polar surface area (TPSA) is 40.5 Å². The van der Waals surface area contributed by atoms with Crippen LogP contribution in [-0.2, 0) is 4.79 Å². The van der Waals surface area contributed by atoms with Crippen LogP contribution in [0.5, 0.6) is 0 Å². The van der Waals surface area contributed by atoms with Crippen molar-refractivity contribution in [2.24, 2.45) is 5.92 Å². The van der Waals surface area contributed by atoms with Crippen molar-refractivity contribution in [3.63, 3.8) is 0 Å². The highest BCUT2D eigenvalue weighted by Crippen LogP contribution is 2.37. The van der Waals surface area contributed by atoms with Crippen LogP contribution < -0.4 is 0 Å². The van der Waals surface area contributed by atoms with Crippen LogP contribution in [-0.4, -0.2) is 34.6 Å². The highest BCUT2D eigenvalue weighted by Gasteiger charge is 2.42. The number of piperidine rings is 1. The van der Waals surface area contributed by atoms with Crippen LogP contribution >= 0.6 is 0 Å². The molecule has 0 saturated carbocycles. The van der Waals surface area contributed by atoms with Crippen LogP contribution in [0.25, 0.3) is 0 Å². The Kier molecular flexibility index (Phi) is 2.77. The third-order valence-corrected chi connectivity index (χ3v) is 3.84. The molecule has 1 N–H and O–H groups in total. The van der Waals surface area contributed by atoms with Gasteiger partial charge in [0, 0.05) is 12.5 Å². The molecule has 0 aromatic rings.